The first-order chi connectivity index (χ1) is 7.83. The van der Waals surface area contributed by atoms with E-state index in [1.807, 2.05) is 0 Å². The molecule has 2 N–H and O–H groups in total. The van der Waals surface area contributed by atoms with E-state index in [0.717, 1.165) is 18.5 Å². The zero-order valence-corrected chi connectivity index (χ0v) is 10.7. The summed E-state index contributed by atoms with van der Waals surface area (Å²) >= 11 is 0. The normalized spacial score (nSPS) is 27.4. The van der Waals surface area contributed by atoms with Gasteiger partial charge in [-0.3, -0.25) is 0 Å². The Balaban J connectivity index is 1.73. The van der Waals surface area contributed by atoms with Crippen LogP contribution in [0.25, 0.3) is 0 Å². The Bertz CT molecular complexity index is 169. The summed E-state index contributed by atoms with van der Waals surface area (Å²) < 4.78 is 0. The molecule has 0 atom stereocenters. The van der Waals surface area contributed by atoms with Crippen LogP contribution < -0.4 is 5.73 Å². The van der Waals surface area contributed by atoms with Crippen LogP contribution in [0.4, 0.5) is 0 Å². The van der Waals surface area contributed by atoms with E-state index in [1.54, 1.807) is 0 Å². The summed E-state index contributed by atoms with van der Waals surface area (Å²) in [6, 6.07) is 0.863. The molecule has 0 aromatic rings. The van der Waals surface area contributed by atoms with Gasteiger partial charge in [0.15, 0.2) is 0 Å². The molecule has 2 aliphatic rings. The van der Waals surface area contributed by atoms with E-state index in [2.05, 4.69) is 16.7 Å². The van der Waals surface area contributed by atoms with Gasteiger partial charge in [0.1, 0.15) is 0 Å². The maximum absolute atomic E-state index is 5.74. The molecule has 0 aromatic heterocycles. The molecule has 3 nitrogen and oxygen atoms in total. The van der Waals surface area contributed by atoms with E-state index in [-0.39, 0.29) is 0 Å². The van der Waals surface area contributed by atoms with Gasteiger partial charge in [-0.15, -0.1) is 0 Å². The van der Waals surface area contributed by atoms with Crippen molar-refractivity contribution in [3.05, 3.63) is 0 Å². The predicted octanol–water partition coefficient (Wildman–Crippen LogP) is 1.14. The molecule has 0 aliphatic carbocycles. The SMILES string of the molecule is CCN1CCC(N2CCC(CN)CC2)CC1. The fourth-order valence-corrected chi connectivity index (χ4v) is 3.15. The lowest BCUT2D eigenvalue weighted by atomic mass is 9.93. The Hall–Kier alpha value is -0.120. The van der Waals surface area contributed by atoms with Crippen LogP contribution in [0.1, 0.15) is 32.6 Å². The van der Waals surface area contributed by atoms with Crippen LogP contribution in [0.2, 0.25) is 0 Å². The minimum absolute atomic E-state index is 0.798. The molecule has 0 amide bonds. The summed E-state index contributed by atoms with van der Waals surface area (Å²) in [4.78, 5) is 5.29. The van der Waals surface area contributed by atoms with Crippen molar-refractivity contribution in [1.82, 2.24) is 9.80 Å². The summed E-state index contributed by atoms with van der Waals surface area (Å²) in [5, 5.41) is 0. The first-order valence-electron chi connectivity index (χ1n) is 7.00. The smallest absolute Gasteiger partial charge is 0.0120 e. The third-order valence-electron chi connectivity index (χ3n) is 4.50. The maximum atomic E-state index is 5.74. The Morgan fingerprint density at radius 2 is 1.62 bits per heavy atom. The zero-order valence-electron chi connectivity index (χ0n) is 10.7. The molecule has 0 saturated carbocycles. The van der Waals surface area contributed by atoms with Crippen LogP contribution in [0, 0.1) is 5.92 Å². The second kappa shape index (κ2) is 5.99. The molecule has 0 unspecified atom stereocenters. The number of hydrogen-bond donors (Lipinski definition) is 1. The van der Waals surface area contributed by atoms with E-state index in [0.29, 0.717) is 0 Å². The van der Waals surface area contributed by atoms with Gasteiger partial charge in [0, 0.05) is 6.04 Å². The standard InChI is InChI=1S/C13H27N3/c1-2-15-7-5-13(6-8-15)16-9-3-12(11-14)4-10-16/h12-13H,2-11,14H2,1H3. The minimum Gasteiger partial charge on any atom is -0.330 e. The van der Waals surface area contributed by atoms with Crippen molar-refractivity contribution in [3.63, 3.8) is 0 Å². The second-order valence-corrected chi connectivity index (χ2v) is 5.38. The predicted molar refractivity (Wildman–Crippen MR) is 68.5 cm³/mol. The van der Waals surface area contributed by atoms with Gasteiger partial charge < -0.3 is 15.5 Å². The molecule has 2 heterocycles. The zero-order chi connectivity index (χ0) is 11.4. The van der Waals surface area contributed by atoms with Gasteiger partial charge in [-0.05, 0) is 70.9 Å². The summed E-state index contributed by atoms with van der Waals surface area (Å²) in [5.41, 5.74) is 5.74. The third kappa shape index (κ3) is 2.96. The van der Waals surface area contributed by atoms with Crippen molar-refractivity contribution >= 4 is 0 Å². The van der Waals surface area contributed by atoms with E-state index in [9.17, 15) is 0 Å². The van der Waals surface area contributed by atoms with Crippen LogP contribution in [0.15, 0.2) is 0 Å². The Morgan fingerprint density at radius 1 is 1.00 bits per heavy atom. The quantitative estimate of drug-likeness (QED) is 0.782. The van der Waals surface area contributed by atoms with Gasteiger partial charge >= 0.3 is 0 Å². The molecule has 2 saturated heterocycles. The number of piperidine rings is 2. The number of likely N-dealkylation sites (tertiary alicyclic amines) is 2. The highest BCUT2D eigenvalue weighted by Gasteiger charge is 2.27. The molecule has 0 spiro atoms. The van der Waals surface area contributed by atoms with E-state index in [4.69, 9.17) is 5.73 Å². The second-order valence-electron chi connectivity index (χ2n) is 5.38. The fourth-order valence-electron chi connectivity index (χ4n) is 3.15. The molecular weight excluding hydrogens is 198 g/mol. The molecule has 2 aliphatic heterocycles. The topological polar surface area (TPSA) is 32.5 Å². The van der Waals surface area contributed by atoms with Crippen LogP contribution in [0.3, 0.4) is 0 Å². The lowest BCUT2D eigenvalue weighted by Gasteiger charge is -2.41. The average molecular weight is 225 g/mol. The molecule has 2 fully saturated rings. The highest BCUT2D eigenvalue weighted by Crippen LogP contribution is 2.23. The molecule has 0 bridgehead atoms. The molecule has 3 heteroatoms. The van der Waals surface area contributed by atoms with Crippen LogP contribution in [0.5, 0.6) is 0 Å². The number of nitrogens with zero attached hydrogens (tertiary/aromatic N) is 2. The summed E-state index contributed by atoms with van der Waals surface area (Å²) in [6.45, 7) is 9.57. The largest absolute Gasteiger partial charge is 0.330 e. The number of rotatable bonds is 3. The first kappa shape index (κ1) is 12.3. The van der Waals surface area contributed by atoms with E-state index in [1.165, 1.54) is 58.4 Å². The van der Waals surface area contributed by atoms with Crippen molar-refractivity contribution in [2.24, 2.45) is 11.7 Å². The summed E-state index contributed by atoms with van der Waals surface area (Å²) in [5.74, 6) is 0.798. The van der Waals surface area contributed by atoms with E-state index < -0.39 is 0 Å². The fraction of sp³-hybridized carbons (Fsp3) is 1.00. The third-order valence-corrected chi connectivity index (χ3v) is 4.50. The van der Waals surface area contributed by atoms with Crippen molar-refractivity contribution < 1.29 is 0 Å². The van der Waals surface area contributed by atoms with E-state index >= 15 is 0 Å². The van der Waals surface area contributed by atoms with Crippen molar-refractivity contribution in [1.29, 1.82) is 0 Å². The average Bonchev–Trinajstić information content (AvgIpc) is 2.39. The molecule has 94 valence electrons. The van der Waals surface area contributed by atoms with Gasteiger partial charge in [-0.1, -0.05) is 6.92 Å². The maximum Gasteiger partial charge on any atom is 0.0120 e. The molecule has 0 radical (unpaired) electrons. The monoisotopic (exact) mass is 225 g/mol. The van der Waals surface area contributed by atoms with Gasteiger partial charge in [0.2, 0.25) is 0 Å². The molecule has 0 aromatic carbocycles. The Morgan fingerprint density at radius 3 is 2.12 bits per heavy atom. The molecular formula is C13H27N3. The van der Waals surface area contributed by atoms with Crippen molar-refractivity contribution in [2.75, 3.05) is 39.3 Å². The first-order valence-corrected chi connectivity index (χ1v) is 7.00. The summed E-state index contributed by atoms with van der Waals surface area (Å²) in [7, 11) is 0. The lowest BCUT2D eigenvalue weighted by Crippen LogP contribution is -2.48. The van der Waals surface area contributed by atoms with Crippen molar-refractivity contribution in [3.8, 4) is 0 Å². The number of nitrogens with two attached hydrogens (primary N) is 1. The van der Waals surface area contributed by atoms with Crippen LogP contribution in [-0.2, 0) is 0 Å². The Labute approximate surface area is 100.0 Å². The van der Waals surface area contributed by atoms with Gasteiger partial charge in [-0.25, -0.2) is 0 Å². The van der Waals surface area contributed by atoms with Gasteiger partial charge in [0.05, 0.1) is 0 Å². The van der Waals surface area contributed by atoms with Crippen molar-refractivity contribution in [2.45, 2.75) is 38.6 Å². The van der Waals surface area contributed by atoms with Crippen LogP contribution in [-0.4, -0.2) is 55.1 Å². The van der Waals surface area contributed by atoms with Crippen LogP contribution >= 0.6 is 0 Å². The minimum atomic E-state index is 0.798. The molecule has 16 heavy (non-hydrogen) atoms. The summed E-state index contributed by atoms with van der Waals surface area (Å²) in [6.07, 6.45) is 5.40. The lowest BCUT2D eigenvalue weighted by molar-refractivity contribution is 0.0808. The van der Waals surface area contributed by atoms with Gasteiger partial charge in [-0.2, -0.15) is 0 Å². The highest BCUT2D eigenvalue weighted by atomic mass is 15.2. The number of hydrogen-bond acceptors (Lipinski definition) is 3. The highest BCUT2D eigenvalue weighted by molar-refractivity contribution is 4.83. The Kier molecular flexibility index (Phi) is 4.62. The van der Waals surface area contributed by atoms with Gasteiger partial charge in [0.25, 0.3) is 0 Å². The molecule has 2 rings (SSSR count).